The number of aliphatic hydroxyl groups excluding tert-OH is 1. The lowest BCUT2D eigenvalue weighted by molar-refractivity contribution is -0.176. The van der Waals surface area contributed by atoms with Crippen molar-refractivity contribution in [1.29, 1.82) is 0 Å². The smallest absolute Gasteiger partial charge is 0.184 e. The molecule has 0 radical (unpaired) electrons. The quantitative estimate of drug-likeness (QED) is 0.149. The van der Waals surface area contributed by atoms with Gasteiger partial charge in [-0.25, -0.2) is 0 Å². The molecule has 4 nitrogen and oxygen atoms in total. The Morgan fingerprint density at radius 2 is 1.57 bits per heavy atom. The van der Waals surface area contributed by atoms with Crippen LogP contribution in [0.2, 0.25) is 0 Å². The first-order valence-corrected chi connectivity index (χ1v) is 12.9. The van der Waals surface area contributed by atoms with E-state index >= 15 is 0 Å². The van der Waals surface area contributed by atoms with Crippen LogP contribution < -0.4 is 0 Å². The van der Waals surface area contributed by atoms with Crippen molar-refractivity contribution >= 4 is 23.1 Å². The maximum absolute atomic E-state index is 14.7. The maximum atomic E-state index is 14.7. The molecule has 192 valence electrons. The predicted molar refractivity (Wildman–Crippen MR) is 147 cm³/mol. The molecule has 2 aromatic rings. The second-order valence-electron chi connectivity index (χ2n) is 11.4. The summed E-state index contributed by atoms with van der Waals surface area (Å²) in [6, 6.07) is 18.1. The average molecular weight is 497 g/mol. The van der Waals surface area contributed by atoms with Crippen LogP contribution >= 0.6 is 0 Å². The summed E-state index contributed by atoms with van der Waals surface area (Å²) in [6.45, 7) is 11.9. The molecular formula is C33H36O4. The Bertz CT molecular complexity index is 1290. The molecule has 2 bridgehead atoms. The third-order valence-electron chi connectivity index (χ3n) is 8.71. The molecule has 2 aromatic carbocycles. The third-order valence-corrected chi connectivity index (χ3v) is 8.71. The van der Waals surface area contributed by atoms with Crippen molar-refractivity contribution in [2.75, 3.05) is 0 Å². The number of carbonyl (C=O) groups is 3. The van der Waals surface area contributed by atoms with Gasteiger partial charge in [0.2, 0.25) is 0 Å². The third kappa shape index (κ3) is 4.03. The Balaban J connectivity index is 2.04. The number of hydrogen-bond acceptors (Lipinski definition) is 4. The van der Waals surface area contributed by atoms with E-state index in [1.807, 2.05) is 58.0 Å². The summed E-state index contributed by atoms with van der Waals surface area (Å²) >= 11 is 0. The van der Waals surface area contributed by atoms with Gasteiger partial charge in [-0.15, -0.1) is 6.58 Å². The molecule has 0 amide bonds. The molecule has 4 rings (SSSR count). The summed E-state index contributed by atoms with van der Waals surface area (Å²) in [5.74, 6) is -1.93. The van der Waals surface area contributed by atoms with Crippen molar-refractivity contribution in [1.82, 2.24) is 0 Å². The molecular weight excluding hydrogens is 460 g/mol. The topological polar surface area (TPSA) is 71.4 Å². The molecule has 0 spiro atoms. The zero-order valence-electron chi connectivity index (χ0n) is 22.2. The molecule has 2 saturated carbocycles. The van der Waals surface area contributed by atoms with Gasteiger partial charge < -0.3 is 5.11 Å². The Labute approximate surface area is 219 Å². The minimum atomic E-state index is -1.51. The fourth-order valence-electron chi connectivity index (χ4n) is 6.52. The maximum Gasteiger partial charge on any atom is 0.184 e. The minimum Gasteiger partial charge on any atom is -0.506 e. The van der Waals surface area contributed by atoms with E-state index in [4.69, 9.17) is 0 Å². The van der Waals surface area contributed by atoms with Gasteiger partial charge in [-0.05, 0) is 56.4 Å². The van der Waals surface area contributed by atoms with E-state index in [0.29, 0.717) is 18.4 Å². The van der Waals surface area contributed by atoms with Gasteiger partial charge in [-0.1, -0.05) is 92.2 Å². The molecule has 0 aromatic heterocycles. The fraction of sp³-hybridized carbons (Fsp3) is 0.364. The minimum absolute atomic E-state index is 0.0999. The van der Waals surface area contributed by atoms with E-state index < -0.39 is 27.8 Å². The van der Waals surface area contributed by atoms with Gasteiger partial charge in [-0.3, -0.25) is 14.4 Å². The fourth-order valence-corrected chi connectivity index (χ4v) is 6.52. The standard InChI is InChI=1S/C33H36O4/c1-6-19-33-29(36)26(27(34)24-15-11-8-12-16-24)28(35)32(30(33)37,20-23-13-9-7-10-14-23)21-25(31(33,4)5)18-17-22(2)3/h6-17,25,34H,1,18-21H2,2-5H3/b27-26+/t25-,32-,33+/m1/s1. The predicted octanol–water partition coefficient (Wildman–Crippen LogP) is 6.87. The van der Waals surface area contributed by atoms with Crippen LogP contribution in [0.3, 0.4) is 0 Å². The molecule has 37 heavy (non-hydrogen) atoms. The van der Waals surface area contributed by atoms with E-state index in [-0.39, 0.29) is 35.9 Å². The molecule has 1 N–H and O–H groups in total. The van der Waals surface area contributed by atoms with Gasteiger partial charge in [-0.2, -0.15) is 0 Å². The Kier molecular flexibility index (Phi) is 6.98. The molecule has 2 fully saturated rings. The van der Waals surface area contributed by atoms with E-state index in [9.17, 15) is 19.5 Å². The molecule has 2 aliphatic rings. The number of Topliss-reactive ketones (excluding diaryl/α,β-unsaturated/α-hetero) is 3. The van der Waals surface area contributed by atoms with Gasteiger partial charge in [0.15, 0.2) is 17.3 Å². The number of aliphatic hydroxyl groups is 1. The van der Waals surface area contributed by atoms with E-state index in [2.05, 4.69) is 12.7 Å². The number of rotatable bonds is 7. The number of fused-ring (bicyclic) bond motifs is 2. The Morgan fingerprint density at radius 3 is 2.14 bits per heavy atom. The first kappa shape index (κ1) is 26.5. The summed E-state index contributed by atoms with van der Waals surface area (Å²) in [5, 5.41) is 11.4. The van der Waals surface area contributed by atoms with Gasteiger partial charge in [0.05, 0.1) is 5.41 Å². The van der Waals surface area contributed by atoms with Crippen LogP contribution in [-0.2, 0) is 20.8 Å². The lowest BCUT2D eigenvalue weighted by Crippen LogP contribution is -2.70. The molecule has 3 atom stereocenters. The zero-order valence-corrected chi connectivity index (χ0v) is 22.2. The van der Waals surface area contributed by atoms with Crippen molar-refractivity contribution in [3.8, 4) is 0 Å². The van der Waals surface area contributed by atoms with Crippen LogP contribution in [0.15, 0.2) is 90.5 Å². The largest absolute Gasteiger partial charge is 0.506 e. The lowest BCUT2D eigenvalue weighted by atomic mass is 9.38. The van der Waals surface area contributed by atoms with Gasteiger partial charge in [0, 0.05) is 5.56 Å². The number of allylic oxidation sites excluding steroid dienone is 4. The number of carbonyl (C=O) groups excluding carboxylic acids is 3. The van der Waals surface area contributed by atoms with Crippen LogP contribution in [0.4, 0.5) is 0 Å². The number of hydrogen-bond donors (Lipinski definition) is 1. The second kappa shape index (κ2) is 9.74. The monoisotopic (exact) mass is 496 g/mol. The van der Waals surface area contributed by atoms with Gasteiger partial charge in [0.1, 0.15) is 16.7 Å². The van der Waals surface area contributed by atoms with Crippen LogP contribution in [0.25, 0.3) is 5.76 Å². The summed E-state index contributed by atoms with van der Waals surface area (Å²) < 4.78 is 0. The van der Waals surface area contributed by atoms with E-state index in [1.54, 1.807) is 36.4 Å². The molecule has 4 heteroatoms. The number of ketones is 3. The van der Waals surface area contributed by atoms with Crippen LogP contribution in [-0.4, -0.2) is 22.5 Å². The van der Waals surface area contributed by atoms with Crippen molar-refractivity contribution in [2.45, 2.75) is 53.4 Å². The highest BCUT2D eigenvalue weighted by Crippen LogP contribution is 2.65. The van der Waals surface area contributed by atoms with Crippen molar-refractivity contribution < 1.29 is 19.5 Å². The summed E-state index contributed by atoms with van der Waals surface area (Å²) in [5.41, 5.74) is -1.60. The summed E-state index contributed by atoms with van der Waals surface area (Å²) in [4.78, 5) is 43.6. The van der Waals surface area contributed by atoms with Crippen LogP contribution in [0.5, 0.6) is 0 Å². The van der Waals surface area contributed by atoms with E-state index in [1.165, 1.54) is 0 Å². The Morgan fingerprint density at radius 1 is 0.973 bits per heavy atom. The molecule has 2 aliphatic carbocycles. The van der Waals surface area contributed by atoms with Crippen LogP contribution in [0, 0.1) is 22.2 Å². The number of benzene rings is 2. The van der Waals surface area contributed by atoms with Gasteiger partial charge >= 0.3 is 0 Å². The van der Waals surface area contributed by atoms with Crippen LogP contribution in [0.1, 0.15) is 58.1 Å². The normalized spacial score (nSPS) is 28.0. The highest BCUT2D eigenvalue weighted by atomic mass is 16.3. The molecule has 0 heterocycles. The van der Waals surface area contributed by atoms with Crippen molar-refractivity contribution in [3.05, 3.63) is 102 Å². The Hall–Kier alpha value is -3.53. The highest BCUT2D eigenvalue weighted by molar-refractivity contribution is 6.41. The van der Waals surface area contributed by atoms with Crippen molar-refractivity contribution in [2.24, 2.45) is 22.2 Å². The SMILES string of the molecule is C=CC[C@@]12C(=O)/C(=C(/O)c3ccccc3)C(=O)[C@@](Cc3ccccc3)(C[C@@H](CC=C(C)C)C1(C)C)C2=O. The van der Waals surface area contributed by atoms with Gasteiger partial charge in [0.25, 0.3) is 0 Å². The molecule has 0 aliphatic heterocycles. The lowest BCUT2D eigenvalue weighted by Gasteiger charge is -2.60. The van der Waals surface area contributed by atoms with Crippen molar-refractivity contribution in [3.63, 3.8) is 0 Å². The first-order valence-electron chi connectivity index (χ1n) is 12.9. The molecule has 0 saturated heterocycles. The highest BCUT2D eigenvalue weighted by Gasteiger charge is 2.73. The average Bonchev–Trinajstić information content (AvgIpc) is 2.88. The first-order chi connectivity index (χ1) is 17.5. The van der Waals surface area contributed by atoms with E-state index in [0.717, 1.165) is 11.1 Å². The summed E-state index contributed by atoms with van der Waals surface area (Å²) in [7, 11) is 0. The zero-order chi connectivity index (χ0) is 27.0. The molecule has 0 unspecified atom stereocenters. The second-order valence-corrected chi connectivity index (χ2v) is 11.4. The summed E-state index contributed by atoms with van der Waals surface area (Å²) in [6.07, 6.45) is 5.00.